The minimum atomic E-state index is 1.04. The third-order valence-electron chi connectivity index (χ3n) is 0.914. The largest absolute Gasteiger partial charge is 0.0882 e. The van der Waals surface area contributed by atoms with Crippen molar-refractivity contribution in [2.75, 3.05) is 0 Å². The third-order valence-corrected chi connectivity index (χ3v) is 0.914. The van der Waals surface area contributed by atoms with Crippen molar-refractivity contribution in [3.05, 3.63) is 43.9 Å². The second-order valence-electron chi connectivity index (χ2n) is 1.67. The van der Waals surface area contributed by atoms with Crippen molar-refractivity contribution in [3.63, 3.8) is 0 Å². The third kappa shape index (κ3) is 7.22. The molecule has 48 valence electrons. The van der Waals surface area contributed by atoms with Crippen LogP contribution in [-0.4, -0.2) is 0 Å². The molecule has 0 rings (SSSR count). The smallest absolute Gasteiger partial charge is 0.0313 e. The summed E-state index contributed by atoms with van der Waals surface area (Å²) in [5.74, 6) is 0. The summed E-state index contributed by atoms with van der Waals surface area (Å²) in [4.78, 5) is 0. The molecule has 0 fully saturated rings. The summed E-state index contributed by atoms with van der Waals surface area (Å²) in [5, 5.41) is 0. The highest BCUT2D eigenvalue weighted by atomic mass is 13.8. The molecule has 0 saturated heterocycles. The first kappa shape index (κ1) is 8.22. The molecule has 0 amide bonds. The lowest BCUT2D eigenvalue weighted by molar-refractivity contribution is 1.05. The summed E-state index contributed by atoms with van der Waals surface area (Å²) >= 11 is 0. The van der Waals surface area contributed by atoms with Crippen LogP contribution in [0.25, 0.3) is 0 Å². The van der Waals surface area contributed by atoms with Gasteiger partial charge in [0.2, 0.25) is 0 Å². The van der Waals surface area contributed by atoms with Crippen LogP contribution in [0.5, 0.6) is 0 Å². The molecule has 0 atom stereocenters. The van der Waals surface area contributed by atoms with Gasteiger partial charge in [0.15, 0.2) is 0 Å². The molecule has 0 bridgehead atoms. The van der Waals surface area contributed by atoms with E-state index in [-0.39, 0.29) is 0 Å². The van der Waals surface area contributed by atoms with E-state index in [1.165, 1.54) is 6.08 Å². The van der Waals surface area contributed by atoms with Crippen LogP contribution >= 0.6 is 0 Å². The number of rotatable bonds is 4. The Hall–Kier alpha value is -0.780. The standard InChI is InChI=1S/C9H12/c1-3-5-7-9-8-6-4-2/h1,3-7H,2,8-9H2/b3-1?,6-4+,7-5+. The van der Waals surface area contributed by atoms with Gasteiger partial charge in [0.05, 0.1) is 0 Å². The van der Waals surface area contributed by atoms with Gasteiger partial charge in [0, 0.05) is 0 Å². The fourth-order valence-corrected chi connectivity index (χ4v) is 0.485. The molecule has 0 aliphatic carbocycles. The van der Waals surface area contributed by atoms with Crippen LogP contribution in [0, 0.1) is 13.5 Å². The van der Waals surface area contributed by atoms with Crippen LogP contribution in [-0.2, 0) is 0 Å². The predicted octanol–water partition coefficient (Wildman–Crippen LogP) is 2.70. The van der Waals surface area contributed by atoms with Gasteiger partial charge in [-0.05, 0) is 19.8 Å². The molecular formula is C9H12. The van der Waals surface area contributed by atoms with Gasteiger partial charge in [0.25, 0.3) is 0 Å². The van der Waals surface area contributed by atoms with Gasteiger partial charge in [-0.25, -0.2) is 0 Å². The molecule has 9 heavy (non-hydrogen) atoms. The first-order chi connectivity index (χ1) is 4.41. The molecule has 0 heterocycles. The second kappa shape index (κ2) is 7.22. The lowest BCUT2D eigenvalue weighted by atomic mass is 10.3. The van der Waals surface area contributed by atoms with E-state index in [2.05, 4.69) is 6.92 Å². The summed E-state index contributed by atoms with van der Waals surface area (Å²) in [6, 6.07) is 0. The predicted molar refractivity (Wildman–Crippen MR) is 41.7 cm³/mol. The van der Waals surface area contributed by atoms with Gasteiger partial charge in [-0.1, -0.05) is 37.0 Å². The fraction of sp³-hybridized carbons (Fsp3) is 0.222. The topological polar surface area (TPSA) is 0 Å². The number of hydrogen-bond acceptors (Lipinski definition) is 0. The molecule has 0 aromatic rings. The van der Waals surface area contributed by atoms with E-state index < -0.39 is 0 Å². The fourth-order valence-electron chi connectivity index (χ4n) is 0.485. The average Bonchev–Trinajstić information content (AvgIpc) is 1.89. The van der Waals surface area contributed by atoms with Crippen LogP contribution in [0.1, 0.15) is 12.8 Å². The molecule has 0 aromatic heterocycles. The Labute approximate surface area is 57.6 Å². The minimum Gasteiger partial charge on any atom is -0.0882 e. The molecule has 0 spiro atoms. The average molecular weight is 120 g/mol. The van der Waals surface area contributed by atoms with Gasteiger partial charge < -0.3 is 0 Å². The van der Waals surface area contributed by atoms with Crippen molar-refractivity contribution in [1.29, 1.82) is 0 Å². The van der Waals surface area contributed by atoms with Gasteiger partial charge in [-0.3, -0.25) is 0 Å². The minimum absolute atomic E-state index is 1.04. The first-order valence-corrected chi connectivity index (χ1v) is 3.06. The van der Waals surface area contributed by atoms with Crippen molar-refractivity contribution in [2.45, 2.75) is 12.8 Å². The molecule has 0 aliphatic heterocycles. The molecule has 0 saturated carbocycles. The lowest BCUT2D eigenvalue weighted by Gasteiger charge is -1.81. The Morgan fingerprint density at radius 1 is 1.22 bits per heavy atom. The maximum absolute atomic E-state index is 5.10. The Balaban J connectivity index is 3.08. The van der Waals surface area contributed by atoms with Crippen molar-refractivity contribution >= 4 is 0 Å². The number of allylic oxidation sites excluding steroid dienone is 5. The highest BCUT2D eigenvalue weighted by Gasteiger charge is 1.71. The van der Waals surface area contributed by atoms with Crippen LogP contribution in [0.4, 0.5) is 0 Å². The molecule has 0 aliphatic rings. The SMILES string of the molecule is [CH]=C/C=C/CC/C=C/[CH2]. The maximum Gasteiger partial charge on any atom is -0.0313 e. The van der Waals surface area contributed by atoms with Gasteiger partial charge >= 0.3 is 0 Å². The van der Waals surface area contributed by atoms with Crippen LogP contribution in [0.2, 0.25) is 0 Å². The van der Waals surface area contributed by atoms with Crippen LogP contribution in [0.3, 0.4) is 0 Å². The highest BCUT2D eigenvalue weighted by Crippen LogP contribution is 1.91. The molecule has 0 unspecified atom stereocenters. The van der Waals surface area contributed by atoms with Gasteiger partial charge in [0.1, 0.15) is 0 Å². The number of hydrogen-bond donors (Lipinski definition) is 0. The van der Waals surface area contributed by atoms with E-state index in [1.807, 2.05) is 18.2 Å². The lowest BCUT2D eigenvalue weighted by Crippen LogP contribution is -1.61. The molecule has 0 aromatic carbocycles. The van der Waals surface area contributed by atoms with E-state index in [1.54, 1.807) is 6.08 Å². The van der Waals surface area contributed by atoms with Crippen LogP contribution < -0.4 is 0 Å². The summed E-state index contributed by atoms with van der Waals surface area (Å²) < 4.78 is 0. The summed E-state index contributed by atoms with van der Waals surface area (Å²) in [6.45, 7) is 8.67. The monoisotopic (exact) mass is 120 g/mol. The Bertz CT molecular complexity index is 107. The van der Waals surface area contributed by atoms with Crippen molar-refractivity contribution < 1.29 is 0 Å². The normalized spacial score (nSPS) is 11.2. The Kier molecular flexibility index (Phi) is 6.59. The second-order valence-corrected chi connectivity index (χ2v) is 1.67. The quantitative estimate of drug-likeness (QED) is 0.395. The van der Waals surface area contributed by atoms with E-state index >= 15 is 0 Å². The van der Waals surface area contributed by atoms with Crippen molar-refractivity contribution in [1.82, 2.24) is 0 Å². The molecule has 0 nitrogen and oxygen atoms in total. The van der Waals surface area contributed by atoms with Crippen molar-refractivity contribution in [2.24, 2.45) is 0 Å². The zero-order chi connectivity index (χ0) is 6.95. The Morgan fingerprint density at radius 2 is 1.89 bits per heavy atom. The summed E-state index contributed by atoms with van der Waals surface area (Å²) in [5.41, 5.74) is 0. The van der Waals surface area contributed by atoms with Gasteiger partial charge in [-0.15, -0.1) is 0 Å². The molecular weight excluding hydrogens is 108 g/mol. The van der Waals surface area contributed by atoms with E-state index in [0.717, 1.165) is 12.8 Å². The van der Waals surface area contributed by atoms with E-state index in [9.17, 15) is 0 Å². The van der Waals surface area contributed by atoms with Crippen molar-refractivity contribution in [3.8, 4) is 0 Å². The highest BCUT2D eigenvalue weighted by molar-refractivity contribution is 4.97. The van der Waals surface area contributed by atoms with Gasteiger partial charge in [-0.2, -0.15) is 0 Å². The van der Waals surface area contributed by atoms with E-state index in [4.69, 9.17) is 6.58 Å². The summed E-state index contributed by atoms with van der Waals surface area (Å²) in [7, 11) is 0. The maximum atomic E-state index is 5.10. The van der Waals surface area contributed by atoms with E-state index in [0.29, 0.717) is 0 Å². The zero-order valence-corrected chi connectivity index (χ0v) is 5.59. The Morgan fingerprint density at radius 3 is 2.44 bits per heavy atom. The zero-order valence-electron chi connectivity index (χ0n) is 5.59. The summed E-state index contributed by atoms with van der Waals surface area (Å²) in [6.07, 6.45) is 11.3. The molecule has 0 heteroatoms. The van der Waals surface area contributed by atoms with Crippen LogP contribution in [0.15, 0.2) is 30.4 Å². The molecule has 0 N–H and O–H groups in total. The molecule has 2 radical (unpaired) electrons. The first-order valence-electron chi connectivity index (χ1n) is 3.06. The number of unbranched alkanes of at least 4 members (excludes halogenated alkanes) is 1.